The monoisotopic (exact) mass is 325 g/mol. The van der Waals surface area contributed by atoms with Crippen LogP contribution in [-0.4, -0.2) is 14.2 Å². The summed E-state index contributed by atoms with van der Waals surface area (Å²) < 4.78 is 24.5. The lowest BCUT2D eigenvalue weighted by Crippen LogP contribution is -1.96. The Morgan fingerprint density at radius 3 is 2.42 bits per heavy atom. The highest BCUT2D eigenvalue weighted by Crippen LogP contribution is 2.39. The first kappa shape index (κ1) is 13.7. The Hall–Kier alpha value is -1.75. The Morgan fingerprint density at radius 2 is 1.79 bits per heavy atom. The van der Waals surface area contributed by atoms with Crippen molar-refractivity contribution in [3.63, 3.8) is 0 Å². The summed E-state index contributed by atoms with van der Waals surface area (Å²) in [5.74, 6) is 0.868. The molecule has 0 spiro atoms. The zero-order chi connectivity index (χ0) is 14.0. The van der Waals surface area contributed by atoms with Gasteiger partial charge in [-0.1, -0.05) is 0 Å². The number of rotatable bonds is 3. The molecule has 0 saturated carbocycles. The minimum atomic E-state index is -0.367. The second-order valence-electron chi connectivity index (χ2n) is 3.92. The second-order valence-corrected chi connectivity index (χ2v) is 4.77. The maximum Gasteiger partial charge on any atom is 0.130 e. The number of halogens is 2. The van der Waals surface area contributed by atoms with Gasteiger partial charge in [-0.05, 0) is 40.2 Å². The predicted octanol–water partition coefficient (Wildman–Crippen LogP) is 3.85. The Bertz CT molecular complexity index is 617. The van der Waals surface area contributed by atoms with Gasteiger partial charge in [-0.25, -0.2) is 4.39 Å². The number of anilines is 1. The molecule has 19 heavy (non-hydrogen) atoms. The van der Waals surface area contributed by atoms with Gasteiger partial charge in [0.15, 0.2) is 0 Å². The zero-order valence-corrected chi connectivity index (χ0v) is 12.1. The first-order chi connectivity index (χ1) is 9.06. The minimum Gasteiger partial charge on any atom is -0.497 e. The summed E-state index contributed by atoms with van der Waals surface area (Å²) >= 11 is 3.24. The lowest BCUT2D eigenvalue weighted by Gasteiger charge is -2.13. The molecule has 0 aliphatic heterocycles. The van der Waals surface area contributed by atoms with Gasteiger partial charge in [0.05, 0.1) is 19.9 Å². The van der Waals surface area contributed by atoms with Crippen LogP contribution in [0.4, 0.5) is 10.1 Å². The van der Waals surface area contributed by atoms with E-state index in [1.165, 1.54) is 12.1 Å². The van der Waals surface area contributed by atoms with Crippen molar-refractivity contribution in [3.8, 4) is 22.6 Å². The molecule has 0 aromatic heterocycles. The van der Waals surface area contributed by atoms with E-state index in [2.05, 4.69) is 15.9 Å². The van der Waals surface area contributed by atoms with Crippen LogP contribution in [0.3, 0.4) is 0 Å². The van der Waals surface area contributed by atoms with E-state index < -0.39 is 0 Å². The number of ether oxygens (including phenoxy) is 2. The molecule has 0 heterocycles. The number of hydrogen-bond donors (Lipinski definition) is 1. The van der Waals surface area contributed by atoms with E-state index in [1.54, 1.807) is 32.4 Å². The Balaban J connectivity index is 2.65. The molecule has 0 radical (unpaired) electrons. The van der Waals surface area contributed by atoms with E-state index >= 15 is 0 Å². The fourth-order valence-electron chi connectivity index (χ4n) is 1.83. The molecule has 0 fully saturated rings. The van der Waals surface area contributed by atoms with E-state index in [-0.39, 0.29) is 5.82 Å². The molecule has 2 aromatic rings. The maximum absolute atomic E-state index is 13.5. The van der Waals surface area contributed by atoms with Gasteiger partial charge in [-0.3, -0.25) is 0 Å². The summed E-state index contributed by atoms with van der Waals surface area (Å²) in [4.78, 5) is 0. The molecular formula is C14H13BrFNO2. The molecule has 0 unspecified atom stereocenters. The lowest BCUT2D eigenvalue weighted by molar-refractivity contribution is 0.395. The van der Waals surface area contributed by atoms with Crippen LogP contribution in [0.5, 0.6) is 11.5 Å². The van der Waals surface area contributed by atoms with Crippen LogP contribution in [0.25, 0.3) is 11.1 Å². The standard InChI is InChI=1S/C14H13BrFNO2/c1-18-9-3-4-10(13(7-9)19-2)11-5-8(16)6-12(15)14(11)17/h3-7H,17H2,1-2H3. The summed E-state index contributed by atoms with van der Waals surface area (Å²) in [7, 11) is 3.12. The maximum atomic E-state index is 13.5. The molecule has 0 amide bonds. The van der Waals surface area contributed by atoms with Gasteiger partial charge in [0.2, 0.25) is 0 Å². The van der Waals surface area contributed by atoms with Crippen molar-refractivity contribution in [1.82, 2.24) is 0 Å². The second kappa shape index (κ2) is 5.48. The van der Waals surface area contributed by atoms with Crippen molar-refractivity contribution in [3.05, 3.63) is 40.6 Å². The van der Waals surface area contributed by atoms with E-state index in [1.807, 2.05) is 0 Å². The Labute approximate surface area is 119 Å². The average Bonchev–Trinajstić information content (AvgIpc) is 2.42. The molecule has 100 valence electrons. The normalized spacial score (nSPS) is 10.3. The Kier molecular flexibility index (Phi) is 3.95. The summed E-state index contributed by atoms with van der Waals surface area (Å²) in [5.41, 5.74) is 7.72. The van der Waals surface area contributed by atoms with Crippen molar-refractivity contribution in [2.45, 2.75) is 0 Å². The predicted molar refractivity (Wildman–Crippen MR) is 77.1 cm³/mol. The highest BCUT2D eigenvalue weighted by molar-refractivity contribution is 9.10. The summed E-state index contributed by atoms with van der Waals surface area (Å²) in [6, 6.07) is 8.00. The smallest absolute Gasteiger partial charge is 0.130 e. The zero-order valence-electron chi connectivity index (χ0n) is 10.5. The van der Waals surface area contributed by atoms with Crippen LogP contribution in [0.2, 0.25) is 0 Å². The molecule has 0 aliphatic carbocycles. The van der Waals surface area contributed by atoms with Crippen molar-refractivity contribution < 1.29 is 13.9 Å². The number of nitrogens with two attached hydrogens (primary N) is 1. The topological polar surface area (TPSA) is 44.5 Å². The molecule has 0 saturated heterocycles. The van der Waals surface area contributed by atoms with Gasteiger partial charge >= 0.3 is 0 Å². The van der Waals surface area contributed by atoms with Gasteiger partial charge in [0.1, 0.15) is 17.3 Å². The first-order valence-electron chi connectivity index (χ1n) is 5.53. The highest BCUT2D eigenvalue weighted by Gasteiger charge is 2.13. The molecular weight excluding hydrogens is 313 g/mol. The van der Waals surface area contributed by atoms with E-state index in [0.29, 0.717) is 32.8 Å². The number of benzene rings is 2. The van der Waals surface area contributed by atoms with Crippen LogP contribution < -0.4 is 15.2 Å². The molecule has 2 N–H and O–H groups in total. The van der Waals surface area contributed by atoms with Crippen molar-refractivity contribution in [1.29, 1.82) is 0 Å². The van der Waals surface area contributed by atoms with Gasteiger partial charge in [0, 0.05) is 21.7 Å². The fourth-order valence-corrected chi connectivity index (χ4v) is 2.26. The SMILES string of the molecule is COc1ccc(-c2cc(F)cc(Br)c2N)c(OC)c1. The van der Waals surface area contributed by atoms with Crippen LogP contribution in [0, 0.1) is 5.82 Å². The van der Waals surface area contributed by atoms with E-state index in [9.17, 15) is 4.39 Å². The average molecular weight is 326 g/mol. The third-order valence-corrected chi connectivity index (χ3v) is 3.45. The van der Waals surface area contributed by atoms with Crippen LogP contribution in [-0.2, 0) is 0 Å². The first-order valence-corrected chi connectivity index (χ1v) is 6.33. The molecule has 0 atom stereocenters. The number of methoxy groups -OCH3 is 2. The number of hydrogen-bond acceptors (Lipinski definition) is 3. The Morgan fingerprint density at radius 1 is 1.05 bits per heavy atom. The van der Waals surface area contributed by atoms with Crippen molar-refractivity contribution in [2.24, 2.45) is 0 Å². The minimum absolute atomic E-state index is 0.367. The highest BCUT2D eigenvalue weighted by atomic mass is 79.9. The van der Waals surface area contributed by atoms with Crippen molar-refractivity contribution in [2.75, 3.05) is 20.0 Å². The molecule has 2 rings (SSSR count). The molecule has 5 heteroatoms. The third kappa shape index (κ3) is 2.66. The lowest BCUT2D eigenvalue weighted by atomic mass is 10.0. The third-order valence-electron chi connectivity index (χ3n) is 2.79. The van der Waals surface area contributed by atoms with E-state index in [4.69, 9.17) is 15.2 Å². The van der Waals surface area contributed by atoms with Gasteiger partial charge in [-0.15, -0.1) is 0 Å². The fraction of sp³-hybridized carbons (Fsp3) is 0.143. The summed E-state index contributed by atoms with van der Waals surface area (Å²) in [6.45, 7) is 0. The quantitative estimate of drug-likeness (QED) is 0.871. The van der Waals surface area contributed by atoms with Gasteiger partial charge in [0.25, 0.3) is 0 Å². The molecule has 0 aliphatic rings. The number of nitrogen functional groups attached to an aromatic ring is 1. The van der Waals surface area contributed by atoms with Crippen molar-refractivity contribution >= 4 is 21.6 Å². The van der Waals surface area contributed by atoms with Gasteiger partial charge < -0.3 is 15.2 Å². The summed E-state index contributed by atoms with van der Waals surface area (Å²) in [6.07, 6.45) is 0. The van der Waals surface area contributed by atoms with Gasteiger partial charge in [-0.2, -0.15) is 0 Å². The molecule has 3 nitrogen and oxygen atoms in total. The van der Waals surface area contributed by atoms with E-state index in [0.717, 1.165) is 0 Å². The largest absolute Gasteiger partial charge is 0.497 e. The van der Waals surface area contributed by atoms with Crippen LogP contribution >= 0.6 is 15.9 Å². The van der Waals surface area contributed by atoms with Crippen LogP contribution in [0.1, 0.15) is 0 Å². The molecule has 2 aromatic carbocycles. The molecule has 0 bridgehead atoms. The van der Waals surface area contributed by atoms with Crippen LogP contribution in [0.15, 0.2) is 34.8 Å². The summed E-state index contributed by atoms with van der Waals surface area (Å²) in [5, 5.41) is 0.